The minimum atomic E-state index is -0.410. The Kier molecular flexibility index (Phi) is 5.11. The van der Waals surface area contributed by atoms with Crippen LogP contribution in [0.2, 0.25) is 5.02 Å². The maximum atomic E-state index is 13.1. The Morgan fingerprint density at radius 3 is 2.84 bits per heavy atom. The summed E-state index contributed by atoms with van der Waals surface area (Å²) in [5, 5.41) is 4.03. The third-order valence-electron chi connectivity index (χ3n) is 5.41. The SMILES string of the molecule is Cn1c(SCc2ccccc2Cl)nc(=O)c2c1NC(=O)C[C@@H]2c1ccc2c(c1)OCO2. The molecule has 3 aromatic rings. The second-order valence-electron chi connectivity index (χ2n) is 7.32. The molecule has 2 aromatic carbocycles. The van der Waals surface area contributed by atoms with Gasteiger partial charge in [0.05, 0.1) is 5.56 Å². The van der Waals surface area contributed by atoms with Crippen LogP contribution in [-0.2, 0) is 17.6 Å². The van der Waals surface area contributed by atoms with Gasteiger partial charge < -0.3 is 19.4 Å². The van der Waals surface area contributed by atoms with Crippen molar-refractivity contribution in [2.75, 3.05) is 12.1 Å². The first kappa shape index (κ1) is 20.0. The lowest BCUT2D eigenvalue weighted by Crippen LogP contribution is -2.33. The van der Waals surface area contributed by atoms with E-state index < -0.39 is 5.92 Å². The van der Waals surface area contributed by atoms with Gasteiger partial charge in [-0.15, -0.1) is 0 Å². The summed E-state index contributed by atoms with van der Waals surface area (Å²) >= 11 is 7.64. The highest BCUT2D eigenvalue weighted by atomic mass is 35.5. The zero-order valence-electron chi connectivity index (χ0n) is 16.6. The zero-order valence-corrected chi connectivity index (χ0v) is 18.1. The quantitative estimate of drug-likeness (QED) is 0.474. The van der Waals surface area contributed by atoms with E-state index in [4.69, 9.17) is 21.1 Å². The molecule has 1 atom stereocenters. The average Bonchev–Trinajstić information content (AvgIpc) is 3.23. The van der Waals surface area contributed by atoms with E-state index in [0.29, 0.717) is 38.8 Å². The van der Waals surface area contributed by atoms with Gasteiger partial charge in [0, 0.05) is 30.2 Å². The molecule has 5 rings (SSSR count). The number of anilines is 1. The lowest BCUT2D eigenvalue weighted by Gasteiger charge is -2.27. The third-order valence-corrected chi connectivity index (χ3v) is 6.86. The molecule has 0 aliphatic carbocycles. The summed E-state index contributed by atoms with van der Waals surface area (Å²) in [5.41, 5.74) is 1.89. The van der Waals surface area contributed by atoms with Crippen LogP contribution in [0, 0.1) is 0 Å². The van der Waals surface area contributed by atoms with E-state index in [1.54, 1.807) is 17.7 Å². The lowest BCUT2D eigenvalue weighted by atomic mass is 9.86. The van der Waals surface area contributed by atoms with Gasteiger partial charge in [-0.05, 0) is 29.3 Å². The van der Waals surface area contributed by atoms with Gasteiger partial charge in [-0.1, -0.05) is 47.6 Å². The van der Waals surface area contributed by atoms with Gasteiger partial charge in [0.15, 0.2) is 16.7 Å². The van der Waals surface area contributed by atoms with E-state index in [0.717, 1.165) is 11.1 Å². The molecule has 9 heteroatoms. The van der Waals surface area contributed by atoms with E-state index in [2.05, 4.69) is 10.3 Å². The summed E-state index contributed by atoms with van der Waals surface area (Å²) in [6.07, 6.45) is 0.162. The smallest absolute Gasteiger partial charge is 0.279 e. The molecule has 0 unspecified atom stereocenters. The molecular weight excluding hydrogens is 438 g/mol. The third kappa shape index (κ3) is 3.66. The number of nitrogens with one attached hydrogen (secondary N) is 1. The van der Waals surface area contributed by atoms with Crippen molar-refractivity contribution < 1.29 is 14.3 Å². The largest absolute Gasteiger partial charge is 0.454 e. The molecule has 31 heavy (non-hydrogen) atoms. The van der Waals surface area contributed by atoms with Crippen LogP contribution < -0.4 is 20.3 Å². The Morgan fingerprint density at radius 2 is 2.00 bits per heavy atom. The van der Waals surface area contributed by atoms with Gasteiger partial charge >= 0.3 is 0 Å². The van der Waals surface area contributed by atoms with Gasteiger partial charge in [-0.2, -0.15) is 4.98 Å². The predicted octanol–water partition coefficient (Wildman–Crippen LogP) is 3.93. The Balaban J connectivity index is 1.52. The van der Waals surface area contributed by atoms with Crippen molar-refractivity contribution in [3.63, 3.8) is 0 Å². The summed E-state index contributed by atoms with van der Waals surface area (Å²) in [6, 6.07) is 13.0. The van der Waals surface area contributed by atoms with Gasteiger partial charge in [0.1, 0.15) is 5.82 Å². The van der Waals surface area contributed by atoms with Crippen LogP contribution in [0.25, 0.3) is 0 Å². The van der Waals surface area contributed by atoms with Crippen LogP contribution in [0.4, 0.5) is 5.82 Å². The van der Waals surface area contributed by atoms with Crippen LogP contribution in [0.15, 0.2) is 52.4 Å². The van der Waals surface area contributed by atoms with Crippen LogP contribution in [0.5, 0.6) is 11.5 Å². The van der Waals surface area contributed by atoms with Crippen molar-refractivity contribution >= 4 is 35.1 Å². The molecule has 0 saturated carbocycles. The number of nitrogens with zero attached hydrogens (tertiary/aromatic N) is 2. The lowest BCUT2D eigenvalue weighted by molar-refractivity contribution is -0.116. The first-order valence-electron chi connectivity index (χ1n) is 9.68. The topological polar surface area (TPSA) is 82.5 Å². The second kappa shape index (κ2) is 7.94. The van der Waals surface area contributed by atoms with Crippen molar-refractivity contribution in [2.24, 2.45) is 7.05 Å². The molecule has 2 aliphatic rings. The Morgan fingerprint density at radius 1 is 1.19 bits per heavy atom. The van der Waals surface area contributed by atoms with E-state index in [1.807, 2.05) is 36.4 Å². The van der Waals surface area contributed by atoms with E-state index in [9.17, 15) is 9.59 Å². The zero-order chi connectivity index (χ0) is 21.5. The van der Waals surface area contributed by atoms with Gasteiger partial charge in [0.25, 0.3) is 5.56 Å². The fourth-order valence-corrected chi connectivity index (χ4v) is 5.09. The molecule has 1 amide bonds. The monoisotopic (exact) mass is 455 g/mol. The molecule has 0 spiro atoms. The highest BCUT2D eigenvalue weighted by Gasteiger charge is 2.33. The number of halogens is 1. The fourth-order valence-electron chi connectivity index (χ4n) is 3.84. The van der Waals surface area contributed by atoms with Crippen LogP contribution in [0.1, 0.15) is 29.0 Å². The standard InChI is InChI=1S/C22H18ClN3O4S/c1-26-20-19(21(28)25-22(26)31-10-13-4-2-3-5-15(13)23)14(9-18(27)24-20)12-6-7-16-17(8-12)30-11-29-16/h2-8,14H,9-11H2,1H3,(H,24,27)/t14-/m1/s1. The minimum Gasteiger partial charge on any atom is -0.454 e. The Bertz CT molecular complexity index is 1260. The Hall–Kier alpha value is -2.97. The van der Waals surface area contributed by atoms with E-state index >= 15 is 0 Å². The summed E-state index contributed by atoms with van der Waals surface area (Å²) in [6.45, 7) is 0.163. The maximum Gasteiger partial charge on any atom is 0.279 e. The number of fused-ring (bicyclic) bond motifs is 2. The van der Waals surface area contributed by atoms with Crippen molar-refractivity contribution in [1.82, 2.24) is 9.55 Å². The molecule has 1 aromatic heterocycles. The predicted molar refractivity (Wildman–Crippen MR) is 118 cm³/mol. The van der Waals surface area contributed by atoms with Gasteiger partial charge in [0.2, 0.25) is 12.7 Å². The first-order chi connectivity index (χ1) is 15.0. The van der Waals surface area contributed by atoms with Gasteiger partial charge in [-0.3, -0.25) is 9.59 Å². The summed E-state index contributed by atoms with van der Waals surface area (Å²) in [7, 11) is 1.79. The molecule has 1 N–H and O–H groups in total. The van der Waals surface area contributed by atoms with Crippen molar-refractivity contribution in [3.05, 3.63) is 74.5 Å². The number of amides is 1. The maximum absolute atomic E-state index is 13.1. The summed E-state index contributed by atoms with van der Waals surface area (Å²) in [4.78, 5) is 29.9. The van der Waals surface area contributed by atoms with E-state index in [1.165, 1.54) is 11.8 Å². The van der Waals surface area contributed by atoms with Crippen LogP contribution >= 0.6 is 23.4 Å². The number of thioether (sulfide) groups is 1. The summed E-state index contributed by atoms with van der Waals surface area (Å²) in [5.74, 6) is 1.73. The molecule has 0 fully saturated rings. The number of ether oxygens (including phenoxy) is 2. The molecule has 2 aliphatic heterocycles. The summed E-state index contributed by atoms with van der Waals surface area (Å²) < 4.78 is 12.6. The number of rotatable bonds is 4. The van der Waals surface area contributed by atoms with E-state index in [-0.39, 0.29) is 24.7 Å². The number of hydrogen-bond acceptors (Lipinski definition) is 6. The van der Waals surface area contributed by atoms with Gasteiger partial charge in [-0.25, -0.2) is 0 Å². The second-order valence-corrected chi connectivity index (χ2v) is 8.67. The highest BCUT2D eigenvalue weighted by Crippen LogP contribution is 2.40. The van der Waals surface area contributed by atoms with Crippen molar-refractivity contribution in [1.29, 1.82) is 0 Å². The molecule has 158 valence electrons. The number of carbonyl (C=O) groups is 1. The van der Waals surface area contributed by atoms with Crippen LogP contribution in [0.3, 0.4) is 0 Å². The average molecular weight is 456 g/mol. The molecule has 3 heterocycles. The molecular formula is C22H18ClN3O4S. The normalized spacial score (nSPS) is 16.7. The van der Waals surface area contributed by atoms with Crippen LogP contribution in [-0.4, -0.2) is 22.3 Å². The first-order valence-corrected chi connectivity index (χ1v) is 11.0. The highest BCUT2D eigenvalue weighted by molar-refractivity contribution is 7.98. The number of aromatic nitrogens is 2. The minimum absolute atomic E-state index is 0.154. The van der Waals surface area contributed by atoms with Crippen molar-refractivity contribution in [3.8, 4) is 11.5 Å². The van der Waals surface area contributed by atoms with Crippen molar-refractivity contribution in [2.45, 2.75) is 23.2 Å². The molecule has 0 radical (unpaired) electrons. The fraction of sp³-hybridized carbons (Fsp3) is 0.227. The molecule has 0 bridgehead atoms. The number of hydrogen-bond donors (Lipinski definition) is 1. The number of benzene rings is 2. The Labute approximate surface area is 187 Å². The number of carbonyl (C=O) groups excluding carboxylic acids is 1. The molecule has 0 saturated heterocycles. The molecule has 7 nitrogen and oxygen atoms in total.